The Kier molecular flexibility index (Phi) is 2.65. The Hall–Kier alpha value is -2.04. The Morgan fingerprint density at radius 1 is 1.00 bits per heavy atom. The molecule has 82 valence electrons. The lowest BCUT2D eigenvalue weighted by Crippen LogP contribution is -2.24. The molecule has 0 unspecified atom stereocenters. The molecule has 0 spiro atoms. The third kappa shape index (κ3) is 2.08. The Morgan fingerprint density at radius 2 is 2.00 bits per heavy atom. The summed E-state index contributed by atoms with van der Waals surface area (Å²) >= 11 is 0. The van der Waals surface area contributed by atoms with Gasteiger partial charge in [0.05, 0.1) is 0 Å². The molecule has 0 fully saturated rings. The first-order valence-electron chi connectivity index (χ1n) is 6.03. The summed E-state index contributed by atoms with van der Waals surface area (Å²) in [5, 5.41) is 2.45. The molecule has 0 aromatic heterocycles. The molecule has 0 bridgehead atoms. The summed E-state index contributed by atoms with van der Waals surface area (Å²) in [4.78, 5) is 0. The lowest BCUT2D eigenvalue weighted by molar-refractivity contribution is 0.992. The Bertz CT molecular complexity index is 675. The van der Waals surface area contributed by atoms with E-state index in [1.54, 1.807) is 0 Å². The van der Waals surface area contributed by atoms with Crippen molar-refractivity contribution in [2.24, 2.45) is 0 Å². The van der Waals surface area contributed by atoms with Crippen molar-refractivity contribution in [1.82, 2.24) is 0 Å². The van der Waals surface area contributed by atoms with E-state index in [1.165, 1.54) is 21.6 Å². The zero-order chi connectivity index (χ0) is 11.5. The second-order valence-electron chi connectivity index (χ2n) is 4.33. The average molecular weight is 218 g/mol. The molecule has 1 aromatic carbocycles. The summed E-state index contributed by atoms with van der Waals surface area (Å²) in [6.45, 7) is 0. The van der Waals surface area contributed by atoms with Crippen molar-refractivity contribution in [3.8, 4) is 0 Å². The predicted molar refractivity (Wildman–Crippen MR) is 73.8 cm³/mol. The lowest BCUT2D eigenvalue weighted by atomic mass is 9.98. The Morgan fingerprint density at radius 3 is 3.00 bits per heavy atom. The van der Waals surface area contributed by atoms with Crippen molar-refractivity contribution in [2.75, 3.05) is 0 Å². The van der Waals surface area contributed by atoms with Crippen LogP contribution in [0.1, 0.15) is 17.5 Å². The molecule has 0 radical (unpaired) electrons. The van der Waals surface area contributed by atoms with Gasteiger partial charge in [0.2, 0.25) is 0 Å². The van der Waals surface area contributed by atoms with E-state index in [0.717, 1.165) is 12.8 Å². The second kappa shape index (κ2) is 4.45. The highest BCUT2D eigenvalue weighted by atomic mass is 14.1. The SMILES string of the molecule is C1=CC=CC=c2cc3c(cc2=1)/C=C\C=CCC3. The van der Waals surface area contributed by atoms with Crippen LogP contribution in [0.25, 0.3) is 17.9 Å². The van der Waals surface area contributed by atoms with Crippen molar-refractivity contribution in [1.29, 1.82) is 0 Å². The quantitative estimate of drug-likeness (QED) is 0.627. The predicted octanol–water partition coefficient (Wildman–Crippen LogP) is 2.49. The van der Waals surface area contributed by atoms with E-state index in [-0.39, 0.29) is 0 Å². The minimum Gasteiger partial charge on any atom is -0.112 e. The summed E-state index contributed by atoms with van der Waals surface area (Å²) in [6.07, 6.45) is 19.1. The highest BCUT2D eigenvalue weighted by molar-refractivity contribution is 5.58. The zero-order valence-corrected chi connectivity index (χ0v) is 9.69. The number of hydrogen-bond donors (Lipinski definition) is 0. The van der Waals surface area contributed by atoms with Crippen molar-refractivity contribution >= 4 is 17.9 Å². The monoisotopic (exact) mass is 218 g/mol. The van der Waals surface area contributed by atoms with Crippen LogP contribution < -0.4 is 10.4 Å². The maximum Gasteiger partial charge on any atom is 0.0243 e. The van der Waals surface area contributed by atoms with Crippen molar-refractivity contribution in [3.05, 3.63) is 70.2 Å². The maximum atomic E-state index is 3.32. The minimum absolute atomic E-state index is 1.12. The number of allylic oxidation sites excluding steroid dienone is 6. The van der Waals surface area contributed by atoms with E-state index >= 15 is 0 Å². The van der Waals surface area contributed by atoms with Gasteiger partial charge in [-0.1, -0.05) is 42.5 Å². The number of fused-ring (bicyclic) bond motifs is 2. The molecule has 0 heteroatoms. The fourth-order valence-electron chi connectivity index (χ4n) is 2.24. The molecule has 0 heterocycles. The molecule has 3 rings (SSSR count). The Balaban J connectivity index is 2.30. The lowest BCUT2D eigenvalue weighted by Gasteiger charge is -2.06. The minimum atomic E-state index is 1.12. The van der Waals surface area contributed by atoms with Crippen LogP contribution in [-0.4, -0.2) is 0 Å². The van der Waals surface area contributed by atoms with Gasteiger partial charge < -0.3 is 0 Å². The van der Waals surface area contributed by atoms with E-state index in [0.29, 0.717) is 0 Å². The van der Waals surface area contributed by atoms with Gasteiger partial charge >= 0.3 is 0 Å². The van der Waals surface area contributed by atoms with Gasteiger partial charge in [0.25, 0.3) is 0 Å². The van der Waals surface area contributed by atoms with E-state index in [2.05, 4.69) is 54.3 Å². The van der Waals surface area contributed by atoms with Crippen LogP contribution >= 0.6 is 0 Å². The third-order valence-corrected chi connectivity index (χ3v) is 3.14. The average Bonchev–Trinajstić information content (AvgIpc) is 2.53. The molecule has 2 aliphatic carbocycles. The van der Waals surface area contributed by atoms with Crippen molar-refractivity contribution < 1.29 is 0 Å². The summed E-state index contributed by atoms with van der Waals surface area (Å²) < 4.78 is 0. The van der Waals surface area contributed by atoms with Crippen LogP contribution in [0.5, 0.6) is 0 Å². The molecule has 0 saturated heterocycles. The number of rotatable bonds is 0. The molecular formula is C17H14. The van der Waals surface area contributed by atoms with Gasteiger partial charge in [-0.2, -0.15) is 0 Å². The van der Waals surface area contributed by atoms with Crippen molar-refractivity contribution in [2.45, 2.75) is 12.8 Å². The van der Waals surface area contributed by atoms with Gasteiger partial charge in [-0.25, -0.2) is 0 Å². The molecular weight excluding hydrogens is 204 g/mol. The van der Waals surface area contributed by atoms with Gasteiger partial charge in [0, 0.05) is 5.22 Å². The standard InChI is InChI=1S/C17H14/c1-2-5-9-15-13-17-11-7-3-6-10-16(17)12-14(15)8-4-1/h1-4,6-8,11-13H,5,9H2/b2-1?,8-4-. The molecule has 0 nitrogen and oxygen atoms in total. The van der Waals surface area contributed by atoms with Gasteiger partial charge in [0.15, 0.2) is 0 Å². The highest BCUT2D eigenvalue weighted by Crippen LogP contribution is 2.12. The summed E-state index contributed by atoms with van der Waals surface area (Å²) in [7, 11) is 0. The van der Waals surface area contributed by atoms with Gasteiger partial charge in [-0.05, 0) is 47.4 Å². The van der Waals surface area contributed by atoms with Crippen LogP contribution in [0.15, 0.2) is 48.6 Å². The molecule has 17 heavy (non-hydrogen) atoms. The molecule has 1 aromatic rings. The van der Waals surface area contributed by atoms with E-state index in [1.807, 2.05) is 12.2 Å². The molecule has 0 amide bonds. The molecule has 0 atom stereocenters. The Labute approximate surface area is 101 Å². The first kappa shape index (κ1) is 10.1. The first-order valence-corrected chi connectivity index (χ1v) is 6.03. The number of hydrogen-bond acceptors (Lipinski definition) is 0. The number of benzene rings is 1. The van der Waals surface area contributed by atoms with Gasteiger partial charge in [0.1, 0.15) is 0 Å². The molecule has 2 aliphatic rings. The van der Waals surface area contributed by atoms with Crippen LogP contribution in [0.4, 0.5) is 0 Å². The van der Waals surface area contributed by atoms with E-state index < -0.39 is 0 Å². The molecule has 0 aliphatic heterocycles. The second-order valence-corrected chi connectivity index (χ2v) is 4.33. The first-order chi connectivity index (χ1) is 8.43. The van der Waals surface area contributed by atoms with E-state index in [9.17, 15) is 0 Å². The van der Waals surface area contributed by atoms with Crippen LogP contribution in [0.2, 0.25) is 0 Å². The fraction of sp³-hybridized carbons (Fsp3) is 0.118. The van der Waals surface area contributed by atoms with Crippen molar-refractivity contribution in [3.63, 3.8) is 0 Å². The third-order valence-electron chi connectivity index (χ3n) is 3.14. The number of aryl methyl sites for hydroxylation is 1. The normalized spacial score (nSPS) is 17.9. The molecule has 0 saturated carbocycles. The van der Waals surface area contributed by atoms with Crippen LogP contribution in [0.3, 0.4) is 0 Å². The highest BCUT2D eigenvalue weighted by Gasteiger charge is 2.01. The smallest absolute Gasteiger partial charge is 0.0243 e. The van der Waals surface area contributed by atoms with E-state index in [4.69, 9.17) is 0 Å². The maximum absolute atomic E-state index is 3.32. The fourth-order valence-corrected chi connectivity index (χ4v) is 2.24. The largest absolute Gasteiger partial charge is 0.112 e. The summed E-state index contributed by atoms with van der Waals surface area (Å²) in [5.74, 6) is 0. The molecule has 0 N–H and O–H groups in total. The zero-order valence-electron chi connectivity index (χ0n) is 9.69. The van der Waals surface area contributed by atoms with Crippen LogP contribution in [-0.2, 0) is 6.42 Å². The van der Waals surface area contributed by atoms with Crippen LogP contribution in [0, 0.1) is 0 Å². The summed E-state index contributed by atoms with van der Waals surface area (Å²) in [5.41, 5.74) is 6.07. The van der Waals surface area contributed by atoms with Gasteiger partial charge in [-0.3, -0.25) is 0 Å². The van der Waals surface area contributed by atoms with Gasteiger partial charge in [-0.15, -0.1) is 5.73 Å². The summed E-state index contributed by atoms with van der Waals surface area (Å²) in [6, 6.07) is 4.53. The topological polar surface area (TPSA) is 0 Å².